The molecule has 0 bridgehead atoms. The van der Waals surface area contributed by atoms with Gasteiger partial charge in [-0.15, -0.1) is 0 Å². The number of imidazole rings is 1. The molecule has 0 aliphatic carbocycles. The molecular weight excluding hydrogens is 540 g/mol. The minimum absolute atomic E-state index is 0.0261. The molecule has 0 aliphatic rings. The number of nitrogens with one attached hydrogen (secondary N) is 3. The van der Waals surface area contributed by atoms with Crippen LogP contribution in [0.25, 0.3) is 11.2 Å². The van der Waals surface area contributed by atoms with E-state index < -0.39 is 23.6 Å². The van der Waals surface area contributed by atoms with Crippen molar-refractivity contribution in [3.8, 4) is 0 Å². The summed E-state index contributed by atoms with van der Waals surface area (Å²) in [5, 5.41) is 5.07. The minimum atomic E-state index is -1.01. The molecule has 0 aliphatic heterocycles. The number of carbonyl (C=O) groups is 3. The lowest BCUT2D eigenvalue weighted by molar-refractivity contribution is -0.123. The largest absolute Gasteiger partial charge is 0.453 e. The van der Waals surface area contributed by atoms with E-state index in [0.29, 0.717) is 29.8 Å². The lowest BCUT2D eigenvalue weighted by Gasteiger charge is -2.17. The number of anilines is 1. The van der Waals surface area contributed by atoms with Crippen LogP contribution in [0.5, 0.6) is 0 Å². The zero-order chi connectivity index (χ0) is 30.1. The first-order chi connectivity index (χ1) is 20.2. The number of nitrogens with zero attached hydrogens (tertiary/aromatic N) is 5. The van der Waals surface area contributed by atoms with E-state index in [2.05, 4.69) is 35.3 Å². The van der Waals surface area contributed by atoms with Gasteiger partial charge in [-0.2, -0.15) is 0 Å². The number of H-pyrrole nitrogens is 1. The molecule has 3 heterocycles. The molecule has 3 amide bonds. The van der Waals surface area contributed by atoms with Crippen molar-refractivity contribution in [3.63, 3.8) is 0 Å². The number of fused-ring (bicyclic) bond motifs is 1. The number of hydrogen-bond acceptors (Lipinski definition) is 8. The average Bonchev–Trinajstić information content (AvgIpc) is 3.40. The predicted octanol–water partition coefficient (Wildman–Crippen LogP) is 2.24. The molecule has 3 N–H and O–H groups in total. The van der Waals surface area contributed by atoms with E-state index in [0.717, 1.165) is 11.3 Å². The van der Waals surface area contributed by atoms with E-state index in [4.69, 9.17) is 0 Å². The molecule has 0 saturated heterocycles. The zero-order valence-corrected chi connectivity index (χ0v) is 23.5. The number of pyridine rings is 1. The van der Waals surface area contributed by atoms with Gasteiger partial charge < -0.3 is 29.8 Å². The molecule has 3 aromatic heterocycles. The first kappa shape index (κ1) is 29.6. The van der Waals surface area contributed by atoms with Gasteiger partial charge in [-0.1, -0.05) is 36.4 Å². The number of aromatic amines is 1. The number of allylic oxidation sites excluding steroid dienone is 1. The molecule has 0 fully saturated rings. The third kappa shape index (κ3) is 7.65. The molecular formula is C29H32N8O5. The highest BCUT2D eigenvalue weighted by atomic mass is 16.5. The molecule has 0 radical (unpaired) electrons. The number of amides is 3. The maximum Gasteiger partial charge on any atom is 0.407 e. The number of hydrogen-bond donors (Lipinski definition) is 3. The van der Waals surface area contributed by atoms with Crippen LogP contribution in [0.15, 0.2) is 71.9 Å². The van der Waals surface area contributed by atoms with Crippen LogP contribution in [0, 0.1) is 0 Å². The summed E-state index contributed by atoms with van der Waals surface area (Å²) in [6, 6.07) is 12.0. The Hall–Kier alpha value is -5.33. The predicted molar refractivity (Wildman–Crippen MR) is 156 cm³/mol. The van der Waals surface area contributed by atoms with Gasteiger partial charge in [0.15, 0.2) is 5.65 Å². The highest BCUT2D eigenvalue weighted by Gasteiger charge is 2.22. The molecule has 4 rings (SSSR count). The second-order valence-electron chi connectivity index (χ2n) is 9.61. The molecule has 0 unspecified atom stereocenters. The van der Waals surface area contributed by atoms with E-state index in [1.165, 1.54) is 35.0 Å². The van der Waals surface area contributed by atoms with E-state index >= 15 is 0 Å². The van der Waals surface area contributed by atoms with Gasteiger partial charge in [0.1, 0.15) is 29.4 Å². The first-order valence-electron chi connectivity index (χ1n) is 13.2. The van der Waals surface area contributed by atoms with Gasteiger partial charge in [-0.05, 0) is 36.6 Å². The van der Waals surface area contributed by atoms with Gasteiger partial charge >= 0.3 is 6.09 Å². The third-order valence-corrected chi connectivity index (χ3v) is 6.35. The van der Waals surface area contributed by atoms with Gasteiger partial charge in [-0.25, -0.2) is 19.7 Å². The summed E-state index contributed by atoms with van der Waals surface area (Å²) in [5.74, 6) is -0.312. The van der Waals surface area contributed by atoms with Gasteiger partial charge in [0.2, 0.25) is 11.8 Å². The van der Waals surface area contributed by atoms with Crippen molar-refractivity contribution in [1.29, 1.82) is 0 Å². The molecule has 0 spiro atoms. The summed E-state index contributed by atoms with van der Waals surface area (Å²) in [6.45, 7) is 0.0955. The van der Waals surface area contributed by atoms with Gasteiger partial charge in [0, 0.05) is 26.7 Å². The number of carbonyl (C=O) groups excluding carboxylic acids is 3. The van der Waals surface area contributed by atoms with E-state index in [1.54, 1.807) is 32.4 Å². The molecule has 1 atom stereocenters. The van der Waals surface area contributed by atoms with Crippen molar-refractivity contribution >= 4 is 34.8 Å². The second kappa shape index (κ2) is 13.8. The zero-order valence-electron chi connectivity index (χ0n) is 23.5. The maximum absolute atomic E-state index is 13.2. The van der Waals surface area contributed by atoms with Crippen LogP contribution in [0.4, 0.5) is 10.5 Å². The van der Waals surface area contributed by atoms with Crippen LogP contribution in [0.3, 0.4) is 0 Å². The van der Waals surface area contributed by atoms with Crippen molar-refractivity contribution in [2.24, 2.45) is 0 Å². The Morgan fingerprint density at radius 1 is 1.12 bits per heavy atom. The number of likely N-dealkylation sites (N-methyl/N-ethyl adjacent to an activating group) is 1. The first-order valence-corrected chi connectivity index (χ1v) is 13.2. The Kier molecular flexibility index (Phi) is 9.77. The number of aromatic nitrogens is 5. The Labute approximate surface area is 241 Å². The van der Waals surface area contributed by atoms with Gasteiger partial charge in [0.25, 0.3) is 5.56 Å². The molecule has 1 aromatic carbocycles. The Morgan fingerprint density at radius 3 is 2.64 bits per heavy atom. The molecule has 4 aromatic rings. The Morgan fingerprint density at radius 2 is 1.90 bits per heavy atom. The van der Waals surface area contributed by atoms with Crippen LogP contribution < -0.4 is 16.2 Å². The van der Waals surface area contributed by atoms with Crippen LogP contribution in [-0.2, 0) is 27.3 Å². The van der Waals surface area contributed by atoms with Crippen molar-refractivity contribution in [2.45, 2.75) is 31.8 Å². The van der Waals surface area contributed by atoms with E-state index in [-0.39, 0.29) is 24.6 Å². The summed E-state index contributed by atoms with van der Waals surface area (Å²) in [6.07, 6.45) is 6.32. The highest BCUT2D eigenvalue weighted by molar-refractivity contribution is 5.96. The number of methoxy groups -OCH3 is 1. The van der Waals surface area contributed by atoms with Gasteiger partial charge in [0.05, 0.1) is 19.3 Å². The summed E-state index contributed by atoms with van der Waals surface area (Å²) >= 11 is 0. The van der Waals surface area contributed by atoms with Crippen LogP contribution in [0.2, 0.25) is 0 Å². The number of benzene rings is 1. The molecule has 13 nitrogen and oxygen atoms in total. The number of alkyl carbamates (subject to hydrolysis) is 1. The normalized spacial score (nSPS) is 11.8. The highest BCUT2D eigenvalue weighted by Crippen LogP contribution is 2.16. The lowest BCUT2D eigenvalue weighted by atomic mass is 10.1. The Bertz CT molecular complexity index is 1640. The quantitative estimate of drug-likeness (QED) is 0.230. The fourth-order valence-electron chi connectivity index (χ4n) is 4.13. The lowest BCUT2D eigenvalue weighted by Crippen LogP contribution is -2.44. The fourth-order valence-corrected chi connectivity index (χ4v) is 4.13. The van der Waals surface area contributed by atoms with Crippen molar-refractivity contribution in [3.05, 3.63) is 94.6 Å². The topological polar surface area (TPSA) is 164 Å². The van der Waals surface area contributed by atoms with E-state index in [1.807, 2.05) is 30.3 Å². The van der Waals surface area contributed by atoms with Crippen LogP contribution in [0.1, 0.15) is 29.9 Å². The molecule has 42 heavy (non-hydrogen) atoms. The molecule has 0 saturated carbocycles. The summed E-state index contributed by atoms with van der Waals surface area (Å²) in [4.78, 5) is 67.8. The second-order valence-corrected chi connectivity index (χ2v) is 9.61. The fraction of sp³-hybridized carbons (Fsp3) is 0.276. The standard InChI is InChI=1S/C29H32N8O5/c1-36(2)24(38)14-8-7-12-20(33-29(41)42-3)27(39)32-21-13-9-15-37(28(21)40)17-23-34-25-22(30-18-31-26(25)35-23)16-19-10-5-4-6-11-19/h4-6,8-11,13-15,18,20H,7,12,16-17H2,1-3H3,(H,32,39)(H,33,41)(H,30,31,34,35)/b14-8+/t20-/m0/s1. The monoisotopic (exact) mass is 572 g/mol. The number of rotatable bonds is 11. The smallest absolute Gasteiger partial charge is 0.407 e. The summed E-state index contributed by atoms with van der Waals surface area (Å²) in [7, 11) is 4.43. The van der Waals surface area contributed by atoms with Crippen LogP contribution in [-0.4, -0.2) is 74.6 Å². The summed E-state index contributed by atoms with van der Waals surface area (Å²) in [5.41, 5.74) is 2.61. The Balaban J connectivity index is 1.48. The SMILES string of the molecule is COC(=O)N[C@@H](CC/C=C/C(=O)N(C)C)C(=O)Nc1cccn(Cc2nc3ncnc(Cc4ccccc4)c3[nH]2)c1=O. The van der Waals surface area contributed by atoms with Crippen molar-refractivity contribution in [2.75, 3.05) is 26.5 Å². The van der Waals surface area contributed by atoms with E-state index in [9.17, 15) is 19.2 Å². The van der Waals surface area contributed by atoms with Crippen molar-refractivity contribution < 1.29 is 19.1 Å². The summed E-state index contributed by atoms with van der Waals surface area (Å²) < 4.78 is 6.04. The van der Waals surface area contributed by atoms with Gasteiger partial charge in [-0.3, -0.25) is 14.4 Å². The van der Waals surface area contributed by atoms with Crippen LogP contribution >= 0.6 is 0 Å². The average molecular weight is 573 g/mol. The third-order valence-electron chi connectivity index (χ3n) is 6.35. The number of ether oxygens (including phenoxy) is 1. The maximum atomic E-state index is 13.2. The van der Waals surface area contributed by atoms with Crippen molar-refractivity contribution in [1.82, 2.24) is 34.7 Å². The minimum Gasteiger partial charge on any atom is -0.453 e. The molecule has 218 valence electrons. The molecule has 13 heteroatoms.